The van der Waals surface area contributed by atoms with Crippen LogP contribution in [0.1, 0.15) is 37.3 Å². The van der Waals surface area contributed by atoms with Gasteiger partial charge in [-0.15, -0.1) is 0 Å². The van der Waals surface area contributed by atoms with Crippen LogP contribution < -0.4 is 5.32 Å². The highest BCUT2D eigenvalue weighted by molar-refractivity contribution is 5.81. The maximum atomic E-state index is 12.4. The smallest absolute Gasteiger partial charge is 0.239 e. The molecule has 116 valence electrons. The molecule has 1 heterocycles. The van der Waals surface area contributed by atoms with Gasteiger partial charge >= 0.3 is 0 Å². The number of hydrogen-bond acceptors (Lipinski definition) is 3. The predicted molar refractivity (Wildman–Crippen MR) is 83.9 cm³/mol. The molecule has 2 rings (SSSR count). The lowest BCUT2D eigenvalue weighted by Crippen LogP contribution is -2.46. The normalized spacial score (nSPS) is 16.8. The summed E-state index contributed by atoms with van der Waals surface area (Å²) in [6, 6.07) is 8.04. The molecule has 0 radical (unpaired) electrons. The Labute approximate surface area is 127 Å². The van der Waals surface area contributed by atoms with E-state index >= 15 is 0 Å². The summed E-state index contributed by atoms with van der Waals surface area (Å²) in [6.07, 6.45) is 3.51. The summed E-state index contributed by atoms with van der Waals surface area (Å²) in [6.45, 7) is 5.07. The number of amides is 1. The van der Waals surface area contributed by atoms with Crippen LogP contribution in [0.25, 0.3) is 0 Å². The van der Waals surface area contributed by atoms with Gasteiger partial charge in [0.1, 0.15) is 0 Å². The number of hydrogen-bond donors (Lipinski definition) is 1. The van der Waals surface area contributed by atoms with Gasteiger partial charge in [0.05, 0.1) is 12.6 Å². The minimum atomic E-state index is -0.140. The molecule has 1 aliphatic heterocycles. The highest BCUT2D eigenvalue weighted by atomic mass is 16.5. The number of piperidine rings is 1. The van der Waals surface area contributed by atoms with Crippen LogP contribution in [0, 0.1) is 0 Å². The third-order valence-corrected chi connectivity index (χ3v) is 4.06. The average molecular weight is 290 g/mol. The van der Waals surface area contributed by atoms with Crippen molar-refractivity contribution >= 4 is 5.91 Å². The van der Waals surface area contributed by atoms with Gasteiger partial charge in [0.15, 0.2) is 0 Å². The van der Waals surface area contributed by atoms with Crippen LogP contribution >= 0.6 is 0 Å². The molecule has 0 saturated carbocycles. The molecule has 1 aromatic carbocycles. The summed E-state index contributed by atoms with van der Waals surface area (Å²) in [4.78, 5) is 14.4. The summed E-state index contributed by atoms with van der Waals surface area (Å²) in [7, 11) is 1.70. The van der Waals surface area contributed by atoms with E-state index in [0.717, 1.165) is 25.9 Å². The Morgan fingerprint density at radius 2 is 1.90 bits per heavy atom. The zero-order valence-corrected chi connectivity index (χ0v) is 13.1. The van der Waals surface area contributed by atoms with E-state index in [0.29, 0.717) is 13.2 Å². The molecule has 1 aromatic rings. The molecule has 0 spiro atoms. The number of likely N-dealkylation sites (tertiary alicyclic amines) is 1. The Morgan fingerprint density at radius 3 is 2.57 bits per heavy atom. The third kappa shape index (κ3) is 4.55. The molecular weight excluding hydrogens is 264 g/mol. The van der Waals surface area contributed by atoms with Gasteiger partial charge in [-0.05, 0) is 37.3 Å². The highest BCUT2D eigenvalue weighted by Gasteiger charge is 2.21. The van der Waals surface area contributed by atoms with Crippen molar-refractivity contribution in [3.63, 3.8) is 0 Å². The minimum Gasteiger partial charge on any atom is -0.380 e. The van der Waals surface area contributed by atoms with Crippen LogP contribution in [0.2, 0.25) is 0 Å². The molecule has 1 aliphatic rings. The second-order valence-corrected chi connectivity index (χ2v) is 5.69. The fourth-order valence-corrected chi connectivity index (χ4v) is 2.76. The number of nitrogens with one attached hydrogen (secondary N) is 1. The molecular formula is C17H26N2O2. The molecule has 1 amide bonds. The highest BCUT2D eigenvalue weighted by Crippen LogP contribution is 2.12. The van der Waals surface area contributed by atoms with E-state index in [4.69, 9.17) is 4.74 Å². The fourth-order valence-electron chi connectivity index (χ4n) is 2.76. The molecule has 0 aliphatic carbocycles. The van der Waals surface area contributed by atoms with Crippen LogP contribution in [0.4, 0.5) is 0 Å². The van der Waals surface area contributed by atoms with E-state index in [2.05, 4.69) is 17.4 Å². The van der Waals surface area contributed by atoms with E-state index < -0.39 is 0 Å². The summed E-state index contributed by atoms with van der Waals surface area (Å²) < 4.78 is 5.22. The summed E-state index contributed by atoms with van der Waals surface area (Å²) >= 11 is 0. The Hall–Kier alpha value is -1.39. The summed E-state index contributed by atoms with van der Waals surface area (Å²) in [5.74, 6) is 0.221. The number of carbonyl (C=O) groups is 1. The van der Waals surface area contributed by atoms with Crippen molar-refractivity contribution in [3.05, 3.63) is 35.4 Å². The van der Waals surface area contributed by atoms with Crippen molar-refractivity contribution in [2.45, 2.75) is 45.4 Å². The molecule has 1 unspecified atom stereocenters. The zero-order valence-electron chi connectivity index (χ0n) is 13.1. The van der Waals surface area contributed by atoms with Crippen molar-refractivity contribution < 1.29 is 9.53 Å². The Morgan fingerprint density at radius 1 is 1.24 bits per heavy atom. The molecule has 4 nitrogen and oxygen atoms in total. The molecule has 0 bridgehead atoms. The van der Waals surface area contributed by atoms with E-state index in [1.807, 2.05) is 24.0 Å². The van der Waals surface area contributed by atoms with Crippen molar-refractivity contribution in [1.82, 2.24) is 10.2 Å². The second-order valence-electron chi connectivity index (χ2n) is 5.69. The quantitative estimate of drug-likeness (QED) is 0.874. The minimum absolute atomic E-state index is 0.140. The van der Waals surface area contributed by atoms with Crippen molar-refractivity contribution in [1.29, 1.82) is 0 Å². The largest absolute Gasteiger partial charge is 0.380 e. The average Bonchev–Trinajstić information content (AvgIpc) is 2.54. The molecule has 1 fully saturated rings. The number of rotatable bonds is 6. The Kier molecular flexibility index (Phi) is 6.21. The Bertz CT molecular complexity index is 456. The van der Waals surface area contributed by atoms with Crippen molar-refractivity contribution in [2.24, 2.45) is 0 Å². The molecule has 4 heteroatoms. The van der Waals surface area contributed by atoms with Crippen LogP contribution in [0.3, 0.4) is 0 Å². The van der Waals surface area contributed by atoms with Gasteiger partial charge in [0.25, 0.3) is 0 Å². The molecule has 1 saturated heterocycles. The van der Waals surface area contributed by atoms with E-state index in [1.54, 1.807) is 7.11 Å². The molecule has 1 atom stereocenters. The van der Waals surface area contributed by atoms with E-state index in [9.17, 15) is 4.79 Å². The van der Waals surface area contributed by atoms with Gasteiger partial charge in [0, 0.05) is 26.7 Å². The third-order valence-electron chi connectivity index (χ3n) is 4.06. The number of nitrogens with zero attached hydrogens (tertiary/aromatic N) is 1. The number of carbonyl (C=O) groups excluding carboxylic acids is 1. The first-order chi connectivity index (χ1) is 10.2. The first-order valence-electron chi connectivity index (χ1n) is 7.80. The van der Waals surface area contributed by atoms with Gasteiger partial charge in [-0.2, -0.15) is 0 Å². The van der Waals surface area contributed by atoms with Crippen LogP contribution in [0.15, 0.2) is 24.3 Å². The zero-order chi connectivity index (χ0) is 15.1. The lowest BCUT2D eigenvalue weighted by atomic mass is 10.1. The van der Waals surface area contributed by atoms with Crippen molar-refractivity contribution in [3.8, 4) is 0 Å². The van der Waals surface area contributed by atoms with Crippen LogP contribution in [-0.2, 0) is 22.7 Å². The lowest BCUT2D eigenvalue weighted by Gasteiger charge is -2.29. The van der Waals surface area contributed by atoms with Gasteiger partial charge in [-0.25, -0.2) is 0 Å². The van der Waals surface area contributed by atoms with Gasteiger partial charge < -0.3 is 15.0 Å². The topological polar surface area (TPSA) is 41.6 Å². The molecule has 21 heavy (non-hydrogen) atoms. The SMILES string of the molecule is COCc1ccccc1CNC(C)C(=O)N1CCCCC1. The van der Waals surface area contributed by atoms with Gasteiger partial charge in [-0.3, -0.25) is 4.79 Å². The van der Waals surface area contributed by atoms with E-state index in [-0.39, 0.29) is 11.9 Å². The molecule has 0 aromatic heterocycles. The standard InChI is InChI=1S/C17H26N2O2/c1-14(17(20)19-10-6-3-7-11-19)18-12-15-8-4-5-9-16(15)13-21-2/h4-5,8-9,14,18H,3,6-7,10-13H2,1-2H3. The van der Waals surface area contributed by atoms with Crippen LogP contribution in [-0.4, -0.2) is 37.0 Å². The number of ether oxygens (including phenoxy) is 1. The maximum absolute atomic E-state index is 12.4. The summed E-state index contributed by atoms with van der Waals surface area (Å²) in [5, 5.41) is 3.35. The number of benzene rings is 1. The second kappa shape index (κ2) is 8.15. The monoisotopic (exact) mass is 290 g/mol. The fraction of sp³-hybridized carbons (Fsp3) is 0.588. The molecule has 1 N–H and O–H groups in total. The lowest BCUT2D eigenvalue weighted by molar-refractivity contribution is -0.133. The summed E-state index contributed by atoms with van der Waals surface area (Å²) in [5.41, 5.74) is 2.36. The first kappa shape index (κ1) is 16.0. The van der Waals surface area contributed by atoms with Crippen LogP contribution in [0.5, 0.6) is 0 Å². The predicted octanol–water partition coefficient (Wildman–Crippen LogP) is 2.32. The first-order valence-corrected chi connectivity index (χ1v) is 7.80. The maximum Gasteiger partial charge on any atom is 0.239 e. The van der Waals surface area contributed by atoms with Gasteiger partial charge in [0.2, 0.25) is 5.91 Å². The Balaban J connectivity index is 1.88. The van der Waals surface area contributed by atoms with Gasteiger partial charge in [-0.1, -0.05) is 24.3 Å². The number of methoxy groups -OCH3 is 1. The van der Waals surface area contributed by atoms with Crippen molar-refractivity contribution in [2.75, 3.05) is 20.2 Å². The van der Waals surface area contributed by atoms with E-state index in [1.165, 1.54) is 17.5 Å².